The van der Waals surface area contributed by atoms with Gasteiger partial charge in [-0.3, -0.25) is 5.32 Å². The highest BCUT2D eigenvalue weighted by atomic mass is 16.5. The molecule has 19 heavy (non-hydrogen) atoms. The highest BCUT2D eigenvalue weighted by Gasteiger charge is 2.09. The lowest BCUT2D eigenvalue weighted by molar-refractivity contribution is 0.254. The zero-order valence-electron chi connectivity index (χ0n) is 10.1. The van der Waals surface area contributed by atoms with Gasteiger partial charge in [0.1, 0.15) is 23.7 Å². The molecule has 0 fully saturated rings. The maximum atomic E-state index is 11.6. The van der Waals surface area contributed by atoms with Crippen LogP contribution in [0.5, 0.6) is 5.75 Å². The van der Waals surface area contributed by atoms with Gasteiger partial charge in [0.25, 0.3) is 0 Å². The van der Waals surface area contributed by atoms with Crippen molar-refractivity contribution in [3.05, 3.63) is 35.7 Å². The first-order valence-corrected chi connectivity index (χ1v) is 5.13. The number of nitrogens with one attached hydrogen (secondary N) is 2. The van der Waals surface area contributed by atoms with Crippen LogP contribution >= 0.6 is 0 Å². The van der Waals surface area contributed by atoms with Crippen LogP contribution in [0.1, 0.15) is 0 Å². The number of carbonyl (C=O) groups excluding carboxylic acids is 1. The predicted octanol–water partition coefficient (Wildman–Crippen LogP) is 1.03. The third-order valence-corrected chi connectivity index (χ3v) is 2.10. The largest absolute Gasteiger partial charge is 0.495 e. The molecular weight excluding hydrogens is 246 g/mol. The molecule has 0 aliphatic carbocycles. The molecule has 2 amide bonds. The molecular formula is C12H11N5O2. The first kappa shape index (κ1) is 13.9. The smallest absolute Gasteiger partial charge is 0.324 e. The maximum Gasteiger partial charge on any atom is 0.324 e. The van der Waals surface area contributed by atoms with E-state index in [1.54, 1.807) is 36.4 Å². The Kier molecular flexibility index (Phi) is 4.76. The molecule has 7 heteroatoms. The van der Waals surface area contributed by atoms with Crippen molar-refractivity contribution in [1.82, 2.24) is 5.32 Å². The summed E-state index contributed by atoms with van der Waals surface area (Å²) in [6, 6.07) is 9.23. The number of nitrogens with two attached hydrogens (primary N) is 1. The number of hydrogen-bond donors (Lipinski definition) is 3. The Balaban J connectivity index is 2.80. The number of rotatable bonds is 3. The van der Waals surface area contributed by atoms with E-state index in [9.17, 15) is 4.79 Å². The quantitative estimate of drug-likeness (QED) is 0.697. The van der Waals surface area contributed by atoms with Crippen LogP contribution in [0.2, 0.25) is 0 Å². The van der Waals surface area contributed by atoms with Gasteiger partial charge in [0.05, 0.1) is 12.8 Å². The van der Waals surface area contributed by atoms with Crippen molar-refractivity contribution >= 4 is 11.7 Å². The Morgan fingerprint density at radius 2 is 1.95 bits per heavy atom. The van der Waals surface area contributed by atoms with E-state index >= 15 is 0 Å². The van der Waals surface area contributed by atoms with Gasteiger partial charge < -0.3 is 15.8 Å². The first-order valence-electron chi connectivity index (χ1n) is 5.13. The maximum absolute atomic E-state index is 11.6. The lowest BCUT2D eigenvalue weighted by Gasteiger charge is -2.10. The van der Waals surface area contributed by atoms with Crippen LogP contribution in [0.25, 0.3) is 0 Å². The van der Waals surface area contributed by atoms with Crippen LogP contribution in [-0.4, -0.2) is 13.1 Å². The zero-order chi connectivity index (χ0) is 14.3. The number of benzene rings is 1. The van der Waals surface area contributed by atoms with Crippen molar-refractivity contribution in [2.75, 3.05) is 12.4 Å². The average molecular weight is 257 g/mol. The molecule has 1 aromatic carbocycles. The van der Waals surface area contributed by atoms with Crippen molar-refractivity contribution in [1.29, 1.82) is 10.5 Å². The fraction of sp³-hybridized carbons (Fsp3) is 0.0833. The van der Waals surface area contributed by atoms with E-state index in [2.05, 4.69) is 10.6 Å². The molecule has 0 radical (unpaired) electrons. The van der Waals surface area contributed by atoms with Crippen LogP contribution in [0.4, 0.5) is 10.5 Å². The second kappa shape index (κ2) is 6.52. The lowest BCUT2D eigenvalue weighted by Crippen LogP contribution is -2.32. The minimum Gasteiger partial charge on any atom is -0.495 e. The third-order valence-electron chi connectivity index (χ3n) is 2.10. The molecule has 1 aromatic rings. The van der Waals surface area contributed by atoms with Crippen molar-refractivity contribution in [2.45, 2.75) is 0 Å². The Morgan fingerprint density at radius 1 is 1.32 bits per heavy atom. The van der Waals surface area contributed by atoms with Gasteiger partial charge in [-0.15, -0.1) is 0 Å². The Hall–Kier alpha value is -3.19. The summed E-state index contributed by atoms with van der Waals surface area (Å²) in [5, 5.41) is 21.8. The molecule has 96 valence electrons. The summed E-state index contributed by atoms with van der Waals surface area (Å²) in [4.78, 5) is 11.6. The highest BCUT2D eigenvalue weighted by Crippen LogP contribution is 2.22. The zero-order valence-corrected chi connectivity index (χ0v) is 10.1. The fourth-order valence-corrected chi connectivity index (χ4v) is 1.23. The number of para-hydroxylation sites is 2. The molecule has 0 aromatic heterocycles. The van der Waals surface area contributed by atoms with Crippen molar-refractivity contribution in [3.63, 3.8) is 0 Å². The van der Waals surface area contributed by atoms with E-state index in [1.165, 1.54) is 7.11 Å². The molecule has 0 atom stereocenters. The van der Waals surface area contributed by atoms with Crippen molar-refractivity contribution < 1.29 is 9.53 Å². The minimum atomic E-state index is -0.676. The summed E-state index contributed by atoms with van der Waals surface area (Å²) in [6.45, 7) is 0. The van der Waals surface area contributed by atoms with E-state index in [0.717, 1.165) is 0 Å². The van der Waals surface area contributed by atoms with Crippen LogP contribution in [-0.2, 0) is 0 Å². The number of anilines is 1. The molecule has 0 saturated carbocycles. The van der Waals surface area contributed by atoms with E-state index in [1.807, 2.05) is 0 Å². The first-order chi connectivity index (χ1) is 9.12. The van der Waals surface area contributed by atoms with E-state index < -0.39 is 6.03 Å². The monoisotopic (exact) mass is 257 g/mol. The third kappa shape index (κ3) is 3.65. The van der Waals surface area contributed by atoms with Crippen molar-refractivity contribution in [2.24, 2.45) is 5.73 Å². The summed E-state index contributed by atoms with van der Waals surface area (Å²) >= 11 is 0. The van der Waals surface area contributed by atoms with Gasteiger partial charge in [0.15, 0.2) is 5.57 Å². The molecule has 7 nitrogen and oxygen atoms in total. The summed E-state index contributed by atoms with van der Waals surface area (Å²) in [5.74, 6) is 0.165. The number of methoxy groups -OCH3 is 1. The molecule has 0 heterocycles. The van der Waals surface area contributed by atoms with Crippen LogP contribution < -0.4 is 21.1 Å². The molecule has 0 aliphatic rings. The Morgan fingerprint density at radius 3 is 2.53 bits per heavy atom. The van der Waals surface area contributed by atoms with Crippen LogP contribution in [0.3, 0.4) is 0 Å². The summed E-state index contributed by atoms with van der Waals surface area (Å²) in [5.41, 5.74) is 5.47. The topological polar surface area (TPSA) is 124 Å². The number of hydrogen-bond acceptors (Lipinski definition) is 5. The van der Waals surface area contributed by atoms with Crippen LogP contribution in [0.15, 0.2) is 35.7 Å². The number of urea groups is 1. The number of ether oxygens (including phenoxy) is 1. The number of carbonyl (C=O) groups is 1. The normalized spacial score (nSPS) is 8.58. The second-order valence-electron chi connectivity index (χ2n) is 3.29. The number of amides is 2. The number of nitrogens with zero attached hydrogens (tertiary/aromatic N) is 2. The van der Waals surface area contributed by atoms with Gasteiger partial charge in [0, 0.05) is 0 Å². The number of allylic oxidation sites excluding steroid dienone is 1. The molecule has 0 unspecified atom stereocenters. The van der Waals surface area contributed by atoms with Crippen molar-refractivity contribution in [3.8, 4) is 17.9 Å². The number of nitriles is 2. The Bertz CT molecular complexity index is 579. The van der Waals surface area contributed by atoms with Gasteiger partial charge >= 0.3 is 6.03 Å². The van der Waals surface area contributed by atoms with Crippen LogP contribution in [0, 0.1) is 22.7 Å². The molecule has 0 bridgehead atoms. The van der Waals surface area contributed by atoms with Gasteiger partial charge in [-0.05, 0) is 12.1 Å². The SMILES string of the molecule is COc1ccccc1NC(=O)NC(N)=C(C#N)C#N. The predicted molar refractivity (Wildman–Crippen MR) is 67.6 cm³/mol. The summed E-state index contributed by atoms with van der Waals surface area (Å²) in [6.07, 6.45) is 0. The van der Waals surface area contributed by atoms with Gasteiger partial charge in [-0.25, -0.2) is 4.79 Å². The highest BCUT2D eigenvalue weighted by molar-refractivity contribution is 5.92. The summed E-state index contributed by atoms with van der Waals surface area (Å²) < 4.78 is 5.05. The lowest BCUT2D eigenvalue weighted by atomic mass is 10.3. The molecule has 0 spiro atoms. The van der Waals surface area contributed by atoms with E-state index in [4.69, 9.17) is 21.0 Å². The molecule has 4 N–H and O–H groups in total. The standard InChI is InChI=1S/C12H11N5O2/c1-19-10-5-3-2-4-9(10)16-12(18)17-11(15)8(6-13)7-14/h2-5H,15H2,1H3,(H2,16,17,18). The average Bonchev–Trinajstić information content (AvgIpc) is 2.40. The van der Waals surface area contributed by atoms with Gasteiger partial charge in [0.2, 0.25) is 0 Å². The second-order valence-corrected chi connectivity index (χ2v) is 3.29. The Labute approximate surface area is 109 Å². The molecule has 1 rings (SSSR count). The van der Waals surface area contributed by atoms with Gasteiger partial charge in [-0.1, -0.05) is 12.1 Å². The summed E-state index contributed by atoms with van der Waals surface area (Å²) in [7, 11) is 1.47. The van der Waals surface area contributed by atoms with E-state index in [0.29, 0.717) is 11.4 Å². The minimum absolute atomic E-state index is 0.308. The van der Waals surface area contributed by atoms with E-state index in [-0.39, 0.29) is 11.4 Å². The molecule has 0 aliphatic heterocycles. The molecule has 0 saturated heterocycles. The van der Waals surface area contributed by atoms with Gasteiger partial charge in [-0.2, -0.15) is 10.5 Å². The fourth-order valence-electron chi connectivity index (χ4n) is 1.23.